The van der Waals surface area contributed by atoms with Gasteiger partial charge in [0.15, 0.2) is 29.0 Å². The van der Waals surface area contributed by atoms with Gasteiger partial charge in [-0.3, -0.25) is 10.1 Å². The van der Waals surface area contributed by atoms with Crippen molar-refractivity contribution in [3.63, 3.8) is 0 Å². The first-order valence-electron chi connectivity index (χ1n) is 12.4. The number of alkyl halides is 3. The highest BCUT2D eigenvalue weighted by molar-refractivity contribution is 5.85. The van der Waals surface area contributed by atoms with Crippen molar-refractivity contribution in [2.75, 3.05) is 0 Å². The van der Waals surface area contributed by atoms with Crippen molar-refractivity contribution in [2.45, 2.75) is 62.7 Å². The second-order valence-corrected chi connectivity index (χ2v) is 10.2. The predicted octanol–water partition coefficient (Wildman–Crippen LogP) is 5.67. The third-order valence-electron chi connectivity index (χ3n) is 7.08. The fourth-order valence-electron chi connectivity index (χ4n) is 4.43. The molecule has 2 aliphatic rings. The molecule has 204 valence electrons. The van der Waals surface area contributed by atoms with Crippen LogP contribution in [-0.2, 0) is 11.2 Å². The number of phenols is 1. The maximum Gasteiger partial charge on any atom is 0.407 e. The van der Waals surface area contributed by atoms with Crippen molar-refractivity contribution in [1.82, 2.24) is 15.5 Å². The lowest BCUT2D eigenvalue weighted by molar-refractivity contribution is -0.160. The molecule has 12 heteroatoms. The third kappa shape index (κ3) is 5.93. The van der Waals surface area contributed by atoms with E-state index in [4.69, 9.17) is 4.52 Å². The zero-order valence-corrected chi connectivity index (χ0v) is 20.4. The van der Waals surface area contributed by atoms with Gasteiger partial charge in [0, 0.05) is 17.9 Å². The Bertz CT molecular complexity index is 1400. The van der Waals surface area contributed by atoms with Gasteiger partial charge in [0.2, 0.25) is 0 Å². The molecule has 0 bridgehead atoms. The summed E-state index contributed by atoms with van der Waals surface area (Å²) in [5, 5.41) is 25.0. The summed E-state index contributed by atoms with van der Waals surface area (Å²) in [7, 11) is 0. The molecule has 2 atom stereocenters. The van der Waals surface area contributed by atoms with E-state index in [1.54, 1.807) is 0 Å². The smallest absolute Gasteiger partial charge is 0.407 e. The van der Waals surface area contributed by atoms with Crippen LogP contribution in [0.15, 0.2) is 40.9 Å². The lowest BCUT2D eigenvalue weighted by Crippen LogP contribution is -2.46. The van der Waals surface area contributed by atoms with Crippen molar-refractivity contribution >= 4 is 5.78 Å². The number of hydrogen-bond donors (Lipinski definition) is 2. The van der Waals surface area contributed by atoms with E-state index in [2.05, 4.69) is 15.5 Å². The number of nitrogens with one attached hydrogen (secondary N) is 1. The molecule has 3 aromatic rings. The monoisotopic (exact) mass is 546 g/mol. The summed E-state index contributed by atoms with van der Waals surface area (Å²) in [6.45, 7) is 0. The topological polar surface area (TPSA) is 112 Å². The lowest BCUT2D eigenvalue weighted by Gasteiger charge is -2.28. The molecule has 2 aliphatic carbocycles. The molecule has 1 aromatic heterocycles. The largest absolute Gasteiger partial charge is 0.503 e. The number of phenolic OH excluding ortho intramolecular Hbond substituents is 1. The zero-order valence-electron chi connectivity index (χ0n) is 20.4. The number of Topliss-reactive ketones (excluding diaryl/α,β-unsaturated/α-hetero) is 1. The molecule has 2 N–H and O–H groups in total. The van der Waals surface area contributed by atoms with Gasteiger partial charge >= 0.3 is 6.18 Å². The Kier molecular flexibility index (Phi) is 6.88. The molecule has 2 saturated carbocycles. The molecule has 0 saturated heterocycles. The second kappa shape index (κ2) is 10.0. The van der Waals surface area contributed by atoms with E-state index in [0.29, 0.717) is 24.2 Å². The van der Waals surface area contributed by atoms with Gasteiger partial charge in [0.05, 0.1) is 17.5 Å². The molecule has 0 spiro atoms. The molecule has 5 rings (SSSR count). The lowest BCUT2D eigenvalue weighted by atomic mass is 9.92. The van der Waals surface area contributed by atoms with Crippen LogP contribution in [0.2, 0.25) is 0 Å². The average molecular weight is 546 g/mol. The first-order chi connectivity index (χ1) is 18.5. The summed E-state index contributed by atoms with van der Waals surface area (Å²) in [4.78, 5) is 17.4. The van der Waals surface area contributed by atoms with Crippen LogP contribution in [0.1, 0.15) is 61.0 Å². The van der Waals surface area contributed by atoms with Crippen LogP contribution < -0.4 is 5.32 Å². The second-order valence-electron chi connectivity index (χ2n) is 10.2. The number of nitrogens with zero attached hydrogens (tertiary/aromatic N) is 3. The minimum Gasteiger partial charge on any atom is -0.503 e. The van der Waals surface area contributed by atoms with Gasteiger partial charge in [0.25, 0.3) is 5.89 Å². The number of carbonyl (C=O) groups is 1. The third-order valence-corrected chi connectivity index (χ3v) is 7.08. The number of ketones is 1. The number of nitriles is 1. The number of aromatic nitrogens is 2. The van der Waals surface area contributed by atoms with Crippen LogP contribution in [0.25, 0.3) is 11.5 Å². The molecule has 0 radical (unpaired) electrons. The standard InChI is InChI=1S/C27H23F5N4O3/c28-18-9-14(10-19(29)22(18)38)11-20(21(37)12-26(13-33)7-8-26)34-23(27(30,31)32)15-1-5-17(6-2-15)25-35-24(36-39-25)16-3-4-16/h1-2,5-6,9-10,16,20,23,34,38H,3-4,7-8,11-12H2/t20-,23-/m0/s1. The van der Waals surface area contributed by atoms with Gasteiger partial charge < -0.3 is 9.63 Å². The molecular formula is C27H23F5N4O3. The Morgan fingerprint density at radius 3 is 2.36 bits per heavy atom. The number of carbonyl (C=O) groups excluding carboxylic acids is 1. The highest BCUT2D eigenvalue weighted by atomic mass is 19.4. The molecule has 0 aliphatic heterocycles. The maximum absolute atomic E-state index is 14.3. The fraction of sp³-hybridized carbons (Fsp3) is 0.407. The number of hydrogen-bond acceptors (Lipinski definition) is 7. The van der Waals surface area contributed by atoms with Gasteiger partial charge in [-0.25, -0.2) is 8.78 Å². The Balaban J connectivity index is 1.41. The molecule has 7 nitrogen and oxygen atoms in total. The molecule has 2 fully saturated rings. The van der Waals surface area contributed by atoms with Gasteiger partial charge in [-0.2, -0.15) is 23.4 Å². The number of aromatic hydroxyl groups is 1. The Hall–Kier alpha value is -3.85. The maximum atomic E-state index is 14.3. The summed E-state index contributed by atoms with van der Waals surface area (Å²) < 4.78 is 75.9. The van der Waals surface area contributed by atoms with Crippen LogP contribution in [-0.4, -0.2) is 33.2 Å². The van der Waals surface area contributed by atoms with Crippen molar-refractivity contribution in [1.29, 1.82) is 5.26 Å². The van der Waals surface area contributed by atoms with Gasteiger partial charge in [-0.1, -0.05) is 17.3 Å². The molecule has 39 heavy (non-hydrogen) atoms. The van der Waals surface area contributed by atoms with E-state index in [0.717, 1.165) is 25.0 Å². The molecule has 1 heterocycles. The van der Waals surface area contributed by atoms with Crippen LogP contribution >= 0.6 is 0 Å². The zero-order chi connectivity index (χ0) is 27.9. The highest BCUT2D eigenvalue weighted by Gasteiger charge is 2.48. The van der Waals surface area contributed by atoms with E-state index in [1.165, 1.54) is 24.3 Å². The normalized spacial score (nSPS) is 17.8. The summed E-state index contributed by atoms with van der Waals surface area (Å²) in [5.74, 6) is -3.56. The van der Waals surface area contributed by atoms with E-state index in [9.17, 15) is 37.1 Å². The van der Waals surface area contributed by atoms with E-state index >= 15 is 0 Å². The first-order valence-corrected chi connectivity index (χ1v) is 12.4. The van der Waals surface area contributed by atoms with Crippen molar-refractivity contribution in [3.05, 3.63) is 65.0 Å². The number of halogens is 5. The average Bonchev–Trinajstić information content (AvgIpc) is 3.83. The summed E-state index contributed by atoms with van der Waals surface area (Å²) >= 11 is 0. The summed E-state index contributed by atoms with van der Waals surface area (Å²) in [6, 6.07) is 4.96. The summed E-state index contributed by atoms with van der Waals surface area (Å²) in [5.41, 5.74) is -0.863. The van der Waals surface area contributed by atoms with Crippen molar-refractivity contribution < 1.29 is 36.4 Å². The van der Waals surface area contributed by atoms with Crippen molar-refractivity contribution in [2.24, 2.45) is 5.41 Å². The molecule has 0 amide bonds. The SMILES string of the molecule is N#CC1(CC(=O)[C@H](Cc2cc(F)c(O)c(F)c2)N[C@@H](c2ccc(-c3nc(C4CC4)no3)cc2)C(F)(F)F)CC1. The Morgan fingerprint density at radius 1 is 1.18 bits per heavy atom. The van der Waals surface area contributed by atoms with E-state index < -0.39 is 53.3 Å². The van der Waals surface area contributed by atoms with Crippen LogP contribution in [0, 0.1) is 28.4 Å². The number of rotatable bonds is 10. The van der Waals surface area contributed by atoms with Gasteiger partial charge in [-0.05, 0) is 67.5 Å². The highest BCUT2D eigenvalue weighted by Crippen LogP contribution is 2.48. The fourth-order valence-corrected chi connectivity index (χ4v) is 4.43. The molecule has 0 unspecified atom stereocenters. The number of benzene rings is 2. The minimum absolute atomic E-state index is 0.130. The molecule has 2 aromatic carbocycles. The summed E-state index contributed by atoms with van der Waals surface area (Å²) in [6.07, 6.45) is -2.86. The van der Waals surface area contributed by atoms with E-state index in [-0.39, 0.29) is 29.4 Å². The van der Waals surface area contributed by atoms with Crippen molar-refractivity contribution in [3.8, 4) is 23.3 Å². The first kappa shape index (κ1) is 26.7. The van der Waals surface area contributed by atoms with Crippen LogP contribution in [0.5, 0.6) is 5.75 Å². The van der Waals surface area contributed by atoms with Crippen LogP contribution in [0.3, 0.4) is 0 Å². The molecular weight excluding hydrogens is 523 g/mol. The minimum atomic E-state index is -4.85. The Morgan fingerprint density at radius 2 is 1.82 bits per heavy atom. The van der Waals surface area contributed by atoms with Crippen LogP contribution in [0.4, 0.5) is 22.0 Å². The van der Waals surface area contributed by atoms with Gasteiger partial charge in [-0.15, -0.1) is 0 Å². The van der Waals surface area contributed by atoms with Gasteiger partial charge in [0.1, 0.15) is 6.04 Å². The quantitative estimate of drug-likeness (QED) is 0.316. The Labute approximate surface area is 219 Å². The predicted molar refractivity (Wildman–Crippen MR) is 126 cm³/mol. The van der Waals surface area contributed by atoms with E-state index in [1.807, 2.05) is 6.07 Å².